The summed E-state index contributed by atoms with van der Waals surface area (Å²) in [5.41, 5.74) is 1.79. The summed E-state index contributed by atoms with van der Waals surface area (Å²) < 4.78 is 1.86. The van der Waals surface area contributed by atoms with E-state index in [9.17, 15) is 14.9 Å². The number of hydrogen-bond donors (Lipinski definition) is 1. The number of nitro benzene ring substituents is 1. The van der Waals surface area contributed by atoms with Gasteiger partial charge in [-0.3, -0.25) is 14.9 Å². The van der Waals surface area contributed by atoms with E-state index < -0.39 is 11.0 Å². The van der Waals surface area contributed by atoms with Gasteiger partial charge in [0.15, 0.2) is 5.78 Å². The van der Waals surface area contributed by atoms with Crippen molar-refractivity contribution >= 4 is 17.2 Å². The van der Waals surface area contributed by atoms with Crippen molar-refractivity contribution < 1.29 is 9.72 Å². The first-order valence-electron chi connectivity index (χ1n) is 9.71. The maximum Gasteiger partial charge on any atom is 0.293 e. The first kappa shape index (κ1) is 20.0. The quantitative estimate of drug-likeness (QED) is 0.268. The molecule has 0 aliphatic rings. The standard InChI is InChI=1S/C24H20N4O3/c1-27-15-14-25-24(27)22(17-8-4-2-5-9-17)26-20-13-12-19(16-21(20)28(30)31)23(29)18-10-6-3-7-11-18/h2-16,22,26H,1H3. The maximum absolute atomic E-state index is 12.8. The topological polar surface area (TPSA) is 90.1 Å². The maximum atomic E-state index is 12.8. The zero-order valence-electron chi connectivity index (χ0n) is 16.8. The van der Waals surface area contributed by atoms with Gasteiger partial charge in [-0.15, -0.1) is 0 Å². The zero-order valence-corrected chi connectivity index (χ0v) is 16.8. The van der Waals surface area contributed by atoms with Gasteiger partial charge in [0, 0.05) is 36.6 Å². The Bertz CT molecular complexity index is 1220. The molecule has 0 saturated heterocycles. The molecular formula is C24H20N4O3. The summed E-state index contributed by atoms with van der Waals surface area (Å²) in [7, 11) is 1.87. The SMILES string of the molecule is Cn1ccnc1C(Nc1ccc(C(=O)c2ccccc2)cc1[N+](=O)[O-])c1ccccc1. The smallest absolute Gasteiger partial charge is 0.293 e. The Labute approximate surface area is 179 Å². The van der Waals surface area contributed by atoms with Crippen molar-refractivity contribution in [3.63, 3.8) is 0 Å². The van der Waals surface area contributed by atoms with Crippen LogP contribution in [-0.2, 0) is 7.05 Å². The summed E-state index contributed by atoms with van der Waals surface area (Å²) in [6, 6.07) is 22.4. The average molecular weight is 412 g/mol. The molecule has 0 amide bonds. The predicted molar refractivity (Wildman–Crippen MR) is 118 cm³/mol. The summed E-state index contributed by atoms with van der Waals surface area (Å²) >= 11 is 0. The number of carbonyl (C=O) groups excluding carboxylic acids is 1. The molecule has 31 heavy (non-hydrogen) atoms. The minimum atomic E-state index is -0.482. The van der Waals surface area contributed by atoms with E-state index in [1.165, 1.54) is 6.07 Å². The molecule has 0 aliphatic carbocycles. The minimum Gasteiger partial charge on any atom is -0.366 e. The highest BCUT2D eigenvalue weighted by atomic mass is 16.6. The summed E-state index contributed by atoms with van der Waals surface area (Å²) in [5.74, 6) is 0.448. The molecule has 154 valence electrons. The molecule has 1 N–H and O–H groups in total. The monoisotopic (exact) mass is 412 g/mol. The highest BCUT2D eigenvalue weighted by Gasteiger charge is 2.24. The van der Waals surface area contributed by atoms with E-state index in [1.54, 1.807) is 42.6 Å². The van der Waals surface area contributed by atoms with Crippen LogP contribution in [0.3, 0.4) is 0 Å². The lowest BCUT2D eigenvalue weighted by Crippen LogP contribution is -2.17. The lowest BCUT2D eigenvalue weighted by Gasteiger charge is -2.20. The fourth-order valence-corrected chi connectivity index (χ4v) is 3.46. The second-order valence-electron chi connectivity index (χ2n) is 7.07. The molecule has 1 unspecified atom stereocenters. The summed E-state index contributed by atoms with van der Waals surface area (Å²) in [6.07, 6.45) is 3.51. The Balaban J connectivity index is 1.73. The van der Waals surface area contributed by atoms with Crippen LogP contribution in [0.1, 0.15) is 33.4 Å². The number of nitro groups is 1. The van der Waals surface area contributed by atoms with Gasteiger partial charge in [-0.2, -0.15) is 0 Å². The van der Waals surface area contributed by atoms with E-state index in [-0.39, 0.29) is 17.0 Å². The fraction of sp³-hybridized carbons (Fsp3) is 0.0833. The van der Waals surface area contributed by atoms with Gasteiger partial charge < -0.3 is 9.88 Å². The summed E-state index contributed by atoms with van der Waals surface area (Å²) in [5, 5.41) is 15.1. The van der Waals surface area contributed by atoms with Crippen molar-refractivity contribution in [1.29, 1.82) is 0 Å². The van der Waals surface area contributed by atoms with Crippen LogP contribution in [-0.4, -0.2) is 20.3 Å². The van der Waals surface area contributed by atoms with Crippen LogP contribution >= 0.6 is 0 Å². The normalized spacial score (nSPS) is 11.6. The molecule has 0 saturated carbocycles. The van der Waals surface area contributed by atoms with Crippen LogP contribution < -0.4 is 5.32 Å². The van der Waals surface area contributed by atoms with Crippen molar-refractivity contribution in [2.45, 2.75) is 6.04 Å². The van der Waals surface area contributed by atoms with Crippen LogP contribution in [0.5, 0.6) is 0 Å². The second-order valence-corrected chi connectivity index (χ2v) is 7.07. The van der Waals surface area contributed by atoms with Crippen molar-refractivity contribution in [2.24, 2.45) is 7.05 Å². The summed E-state index contributed by atoms with van der Waals surface area (Å²) in [4.78, 5) is 28.5. The van der Waals surface area contributed by atoms with E-state index in [1.807, 2.05) is 54.2 Å². The number of rotatable bonds is 7. The number of ketones is 1. The molecule has 4 aromatic rings. The first-order valence-corrected chi connectivity index (χ1v) is 9.71. The Kier molecular flexibility index (Phi) is 5.57. The largest absolute Gasteiger partial charge is 0.366 e. The molecule has 0 bridgehead atoms. The number of carbonyl (C=O) groups is 1. The molecule has 4 rings (SSSR count). The molecule has 7 heteroatoms. The third-order valence-electron chi connectivity index (χ3n) is 5.04. The molecule has 1 heterocycles. The average Bonchev–Trinajstić information content (AvgIpc) is 3.23. The van der Waals surface area contributed by atoms with Gasteiger partial charge in [0.25, 0.3) is 5.69 Å². The third kappa shape index (κ3) is 4.20. The van der Waals surface area contributed by atoms with Crippen LogP contribution in [0.25, 0.3) is 0 Å². The number of aryl methyl sites for hydroxylation is 1. The fourth-order valence-electron chi connectivity index (χ4n) is 3.46. The van der Waals surface area contributed by atoms with E-state index >= 15 is 0 Å². The lowest BCUT2D eigenvalue weighted by molar-refractivity contribution is -0.384. The van der Waals surface area contributed by atoms with E-state index in [4.69, 9.17) is 0 Å². The zero-order chi connectivity index (χ0) is 21.8. The Hall–Kier alpha value is -4.26. The van der Waals surface area contributed by atoms with Crippen molar-refractivity contribution in [2.75, 3.05) is 5.32 Å². The van der Waals surface area contributed by atoms with Gasteiger partial charge in [0.05, 0.1) is 4.92 Å². The molecule has 0 spiro atoms. The van der Waals surface area contributed by atoms with Gasteiger partial charge in [0.2, 0.25) is 0 Å². The predicted octanol–water partition coefficient (Wildman–Crippen LogP) is 4.76. The van der Waals surface area contributed by atoms with Gasteiger partial charge in [-0.05, 0) is 17.7 Å². The highest BCUT2D eigenvalue weighted by molar-refractivity contribution is 6.09. The first-order chi connectivity index (χ1) is 15.0. The number of nitrogens with zero attached hydrogens (tertiary/aromatic N) is 3. The van der Waals surface area contributed by atoms with Gasteiger partial charge in [-0.25, -0.2) is 4.98 Å². The Morgan fingerprint density at radius 1 is 1.00 bits per heavy atom. The number of nitrogens with one attached hydrogen (secondary N) is 1. The van der Waals surface area contributed by atoms with Crippen molar-refractivity contribution in [3.05, 3.63) is 124 Å². The number of hydrogen-bond acceptors (Lipinski definition) is 5. The van der Waals surface area contributed by atoms with Crippen LogP contribution in [0.15, 0.2) is 91.3 Å². The number of anilines is 1. The highest BCUT2D eigenvalue weighted by Crippen LogP contribution is 2.32. The van der Waals surface area contributed by atoms with Crippen LogP contribution in [0, 0.1) is 10.1 Å². The number of benzene rings is 3. The number of aromatic nitrogens is 2. The molecular weight excluding hydrogens is 392 g/mol. The third-order valence-corrected chi connectivity index (χ3v) is 5.04. The van der Waals surface area contributed by atoms with E-state index in [2.05, 4.69) is 10.3 Å². The molecule has 0 fully saturated rings. The molecule has 1 atom stereocenters. The van der Waals surface area contributed by atoms with Gasteiger partial charge >= 0.3 is 0 Å². The second kappa shape index (κ2) is 8.62. The van der Waals surface area contributed by atoms with Crippen molar-refractivity contribution in [1.82, 2.24) is 9.55 Å². The number of imidazole rings is 1. The van der Waals surface area contributed by atoms with Gasteiger partial charge in [0.1, 0.15) is 17.6 Å². The molecule has 0 aliphatic heterocycles. The Morgan fingerprint density at radius 2 is 1.68 bits per heavy atom. The lowest BCUT2D eigenvalue weighted by atomic mass is 10.0. The molecule has 0 radical (unpaired) electrons. The molecule has 3 aromatic carbocycles. The van der Waals surface area contributed by atoms with Crippen LogP contribution in [0.4, 0.5) is 11.4 Å². The van der Waals surface area contributed by atoms with E-state index in [0.29, 0.717) is 17.1 Å². The molecule has 7 nitrogen and oxygen atoms in total. The van der Waals surface area contributed by atoms with E-state index in [0.717, 1.165) is 5.56 Å². The van der Waals surface area contributed by atoms with Gasteiger partial charge in [-0.1, -0.05) is 60.7 Å². The molecule has 1 aromatic heterocycles. The van der Waals surface area contributed by atoms with Crippen molar-refractivity contribution in [3.8, 4) is 0 Å². The summed E-state index contributed by atoms with van der Waals surface area (Å²) in [6.45, 7) is 0. The van der Waals surface area contributed by atoms with Crippen LogP contribution in [0.2, 0.25) is 0 Å². The Morgan fingerprint density at radius 3 is 2.29 bits per heavy atom. The minimum absolute atomic E-state index is 0.170.